The summed E-state index contributed by atoms with van der Waals surface area (Å²) in [4.78, 5) is 15.2. The van der Waals surface area contributed by atoms with E-state index in [9.17, 15) is 13.2 Å². The second-order valence-corrected chi connectivity index (χ2v) is 8.71. The maximum atomic E-state index is 12.9. The van der Waals surface area contributed by atoms with Gasteiger partial charge in [-0.25, -0.2) is 8.42 Å². The first-order chi connectivity index (χ1) is 14.2. The zero-order valence-corrected chi connectivity index (χ0v) is 20.2. The second kappa shape index (κ2) is 14.0. The molecule has 0 saturated carbocycles. The summed E-state index contributed by atoms with van der Waals surface area (Å²) >= 11 is 0. The van der Waals surface area contributed by atoms with Gasteiger partial charge in [-0.3, -0.25) is 9.69 Å². The molecule has 0 aromatic heterocycles. The Bertz CT molecular complexity index is 754. The van der Waals surface area contributed by atoms with Crippen molar-refractivity contribution >= 4 is 15.7 Å². The molecule has 172 valence electrons. The summed E-state index contributed by atoms with van der Waals surface area (Å²) in [7, 11) is -0.617. The van der Waals surface area contributed by atoms with Crippen LogP contribution in [0.3, 0.4) is 0 Å². The summed E-state index contributed by atoms with van der Waals surface area (Å²) in [6, 6.07) is 0.278. The number of likely N-dealkylation sites (tertiary alicyclic amines) is 1. The Kier molecular flexibility index (Phi) is 13.1. The van der Waals surface area contributed by atoms with Crippen molar-refractivity contribution in [1.82, 2.24) is 15.5 Å². The highest BCUT2D eigenvalue weighted by atomic mass is 32.2. The van der Waals surface area contributed by atoms with Crippen LogP contribution in [-0.4, -0.2) is 64.8 Å². The molecule has 30 heavy (non-hydrogen) atoms. The van der Waals surface area contributed by atoms with Crippen molar-refractivity contribution in [3.8, 4) is 0 Å². The summed E-state index contributed by atoms with van der Waals surface area (Å²) in [6.45, 7) is 17.5. The zero-order chi connectivity index (χ0) is 23.3. The van der Waals surface area contributed by atoms with Gasteiger partial charge in [0.1, 0.15) is 5.76 Å². The Labute approximate surface area is 182 Å². The number of nitrogens with zero attached hydrogens (tertiary/aromatic N) is 1. The largest absolute Gasteiger partial charge is 0.496 e. The van der Waals surface area contributed by atoms with Gasteiger partial charge in [0.15, 0.2) is 9.84 Å². The number of sulfone groups is 1. The van der Waals surface area contributed by atoms with Gasteiger partial charge < -0.3 is 15.4 Å². The van der Waals surface area contributed by atoms with Gasteiger partial charge in [0.25, 0.3) is 5.91 Å². The first-order valence-corrected chi connectivity index (χ1v) is 12.1. The fourth-order valence-electron chi connectivity index (χ4n) is 3.17. The topological polar surface area (TPSA) is 87.7 Å². The molecule has 1 unspecified atom stereocenters. The Morgan fingerprint density at radius 3 is 2.40 bits per heavy atom. The Morgan fingerprint density at radius 2 is 1.93 bits per heavy atom. The molecule has 1 aliphatic rings. The molecule has 1 amide bonds. The molecule has 2 N–H and O–H groups in total. The van der Waals surface area contributed by atoms with Crippen LogP contribution in [0.1, 0.15) is 40.5 Å². The van der Waals surface area contributed by atoms with Gasteiger partial charge in [-0.1, -0.05) is 40.9 Å². The fraction of sp³-hybridized carbons (Fsp3) is 0.591. The van der Waals surface area contributed by atoms with Gasteiger partial charge in [-0.2, -0.15) is 0 Å². The van der Waals surface area contributed by atoms with E-state index in [4.69, 9.17) is 4.74 Å². The SMILES string of the molecule is C=C/C(OC)=C(\C=C(/C(=C)NC)S(=O)(=O)CC)C(=O)NCC1CCCN1CC.CC. The van der Waals surface area contributed by atoms with Crippen molar-refractivity contribution < 1.29 is 17.9 Å². The number of hydrogen-bond donors (Lipinski definition) is 2. The van der Waals surface area contributed by atoms with Crippen LogP contribution in [-0.2, 0) is 19.4 Å². The number of rotatable bonds is 11. The van der Waals surface area contributed by atoms with Crippen molar-refractivity contribution in [2.24, 2.45) is 0 Å². The van der Waals surface area contributed by atoms with E-state index in [0.29, 0.717) is 6.54 Å². The highest BCUT2D eigenvalue weighted by molar-refractivity contribution is 7.95. The Morgan fingerprint density at radius 1 is 1.30 bits per heavy atom. The Balaban J connectivity index is 0.00000407. The van der Waals surface area contributed by atoms with E-state index in [0.717, 1.165) is 25.9 Å². The average Bonchev–Trinajstić information content (AvgIpc) is 3.23. The molecule has 0 bridgehead atoms. The molecule has 0 aromatic rings. The summed E-state index contributed by atoms with van der Waals surface area (Å²) < 4.78 is 30.3. The smallest absolute Gasteiger partial charge is 0.255 e. The third kappa shape index (κ3) is 7.65. The van der Waals surface area contributed by atoms with Crippen LogP contribution < -0.4 is 10.6 Å². The number of carbonyl (C=O) groups excluding carboxylic acids is 1. The number of amides is 1. The van der Waals surface area contributed by atoms with Gasteiger partial charge in [0.05, 0.1) is 23.3 Å². The first kappa shape index (κ1) is 27.9. The van der Waals surface area contributed by atoms with Gasteiger partial charge in [-0.05, 0) is 38.1 Å². The number of hydrogen-bond acceptors (Lipinski definition) is 6. The second-order valence-electron chi connectivity index (χ2n) is 6.46. The molecule has 0 aromatic carbocycles. The maximum absolute atomic E-state index is 12.9. The predicted octanol–water partition coefficient (Wildman–Crippen LogP) is 2.75. The van der Waals surface area contributed by atoms with E-state index in [1.54, 1.807) is 14.0 Å². The molecule has 1 heterocycles. The molecule has 1 saturated heterocycles. The molecule has 1 rings (SSSR count). The molecule has 0 radical (unpaired) electrons. The van der Waals surface area contributed by atoms with Crippen LogP contribution in [0.25, 0.3) is 0 Å². The van der Waals surface area contributed by atoms with Crippen molar-refractivity contribution in [3.63, 3.8) is 0 Å². The molecular formula is C22H39N3O4S. The van der Waals surface area contributed by atoms with Crippen LogP contribution >= 0.6 is 0 Å². The van der Waals surface area contributed by atoms with Crippen LogP contribution in [0.4, 0.5) is 0 Å². The molecule has 7 nitrogen and oxygen atoms in total. The predicted molar refractivity (Wildman–Crippen MR) is 125 cm³/mol. The number of ether oxygens (including phenoxy) is 1. The van der Waals surface area contributed by atoms with Crippen LogP contribution in [0.15, 0.2) is 47.2 Å². The van der Waals surface area contributed by atoms with Gasteiger partial charge in [-0.15, -0.1) is 0 Å². The Hall–Kier alpha value is -2.06. The fourth-order valence-corrected chi connectivity index (χ4v) is 4.26. The lowest BCUT2D eigenvalue weighted by Gasteiger charge is -2.23. The molecule has 0 aliphatic carbocycles. The molecule has 1 atom stereocenters. The lowest BCUT2D eigenvalue weighted by molar-refractivity contribution is -0.117. The summed E-state index contributed by atoms with van der Waals surface area (Å²) in [5, 5.41) is 5.66. The van der Waals surface area contributed by atoms with E-state index in [1.165, 1.54) is 19.3 Å². The molecule has 1 aliphatic heterocycles. The summed E-state index contributed by atoms with van der Waals surface area (Å²) in [5.41, 5.74) is 0.307. The van der Waals surface area contributed by atoms with E-state index in [-0.39, 0.29) is 33.7 Å². The highest BCUT2D eigenvalue weighted by Gasteiger charge is 2.25. The van der Waals surface area contributed by atoms with Crippen molar-refractivity contribution in [2.75, 3.05) is 39.5 Å². The minimum absolute atomic E-state index is 0.0462. The lowest BCUT2D eigenvalue weighted by atomic mass is 10.1. The average molecular weight is 442 g/mol. The van der Waals surface area contributed by atoms with Gasteiger partial charge in [0, 0.05) is 25.3 Å². The minimum atomic E-state index is -3.61. The third-order valence-electron chi connectivity index (χ3n) is 4.91. The van der Waals surface area contributed by atoms with Crippen molar-refractivity contribution in [2.45, 2.75) is 46.6 Å². The number of methoxy groups -OCH3 is 1. The first-order valence-electron chi connectivity index (χ1n) is 10.5. The number of allylic oxidation sites excluding steroid dienone is 1. The third-order valence-corrected chi connectivity index (χ3v) is 6.70. The quantitative estimate of drug-likeness (QED) is 0.291. The van der Waals surface area contributed by atoms with Gasteiger partial charge in [0.2, 0.25) is 0 Å². The summed E-state index contributed by atoms with van der Waals surface area (Å²) in [5.74, 6) is -0.324. The van der Waals surface area contributed by atoms with Crippen molar-refractivity contribution in [3.05, 3.63) is 47.2 Å². The normalized spacial score (nSPS) is 17.9. The molecule has 8 heteroatoms. The minimum Gasteiger partial charge on any atom is -0.496 e. The van der Waals surface area contributed by atoms with E-state index >= 15 is 0 Å². The number of carbonyl (C=O) groups is 1. The number of likely N-dealkylation sites (N-methyl/N-ethyl adjacent to an activating group) is 2. The zero-order valence-electron chi connectivity index (χ0n) is 19.4. The van der Waals surface area contributed by atoms with Crippen LogP contribution in [0.5, 0.6) is 0 Å². The maximum Gasteiger partial charge on any atom is 0.255 e. The van der Waals surface area contributed by atoms with Crippen molar-refractivity contribution in [1.29, 1.82) is 0 Å². The standard InChI is InChI=1S/C20H33N3O4S.C2H6/c1-7-18(27-6)17(13-19(15(4)21-5)28(25,26)9-3)20(24)22-14-16-11-10-12-23(16)8-2;1-2/h7,13,16,21H,1,4,8-12,14H2,2-3,5-6H3,(H,22,24);1-2H3/b18-17-,19-13+;. The van der Waals surface area contributed by atoms with E-state index < -0.39 is 15.7 Å². The highest BCUT2D eigenvalue weighted by Crippen LogP contribution is 2.21. The van der Waals surface area contributed by atoms with E-state index in [1.807, 2.05) is 13.8 Å². The lowest BCUT2D eigenvalue weighted by Crippen LogP contribution is -2.40. The number of nitrogens with one attached hydrogen (secondary N) is 2. The van der Waals surface area contributed by atoms with Gasteiger partial charge >= 0.3 is 0 Å². The van der Waals surface area contributed by atoms with Crippen LogP contribution in [0.2, 0.25) is 0 Å². The molecular weight excluding hydrogens is 402 g/mol. The van der Waals surface area contributed by atoms with E-state index in [2.05, 4.69) is 35.6 Å². The molecule has 0 spiro atoms. The monoisotopic (exact) mass is 441 g/mol. The molecule has 1 fully saturated rings. The van der Waals surface area contributed by atoms with Crippen LogP contribution in [0, 0.1) is 0 Å². The summed E-state index contributed by atoms with van der Waals surface area (Å²) in [6.07, 6.45) is 4.82.